The smallest absolute Gasteiger partial charge is 0.220 e. The van der Waals surface area contributed by atoms with Gasteiger partial charge in [0.15, 0.2) is 0 Å². The Bertz CT molecular complexity index is 408. The zero-order valence-electron chi connectivity index (χ0n) is 10.0. The number of hydrogen-bond donors (Lipinski definition) is 1. The fraction of sp³-hybridized carbons (Fsp3) is 0.462. The van der Waals surface area contributed by atoms with E-state index < -0.39 is 0 Å². The van der Waals surface area contributed by atoms with E-state index in [1.54, 1.807) is 0 Å². The first-order valence-electron chi connectivity index (χ1n) is 5.94. The maximum Gasteiger partial charge on any atom is 0.220 e. The monoisotopic (exact) mass is 296 g/mol. The molecule has 1 amide bonds. The lowest BCUT2D eigenvalue weighted by Crippen LogP contribution is -2.39. The number of amides is 1. The van der Waals surface area contributed by atoms with Crippen molar-refractivity contribution in [1.29, 1.82) is 0 Å². The summed E-state index contributed by atoms with van der Waals surface area (Å²) in [5.74, 6) is 0.178. The van der Waals surface area contributed by atoms with Crippen LogP contribution in [0.3, 0.4) is 0 Å². The second-order valence-electron chi connectivity index (χ2n) is 4.37. The molecule has 1 aromatic carbocycles. The van der Waals surface area contributed by atoms with Crippen LogP contribution >= 0.6 is 15.9 Å². The normalized spacial score (nSPS) is 17.3. The molecule has 0 unspecified atom stereocenters. The Labute approximate surface area is 110 Å². The molecule has 0 aromatic heterocycles. The van der Waals surface area contributed by atoms with Crippen LogP contribution in [0.1, 0.15) is 18.4 Å². The van der Waals surface area contributed by atoms with Gasteiger partial charge in [0.1, 0.15) is 0 Å². The average molecular weight is 297 g/mol. The van der Waals surface area contributed by atoms with Crippen molar-refractivity contribution in [2.45, 2.75) is 19.8 Å². The topological polar surface area (TPSA) is 32.3 Å². The molecule has 17 heavy (non-hydrogen) atoms. The Kier molecular flexibility index (Phi) is 4.05. The molecule has 1 aromatic rings. The minimum atomic E-state index is 0.178. The molecular weight excluding hydrogens is 280 g/mol. The molecule has 0 atom stereocenters. The summed E-state index contributed by atoms with van der Waals surface area (Å²) < 4.78 is 1.11. The van der Waals surface area contributed by atoms with Crippen LogP contribution in [0, 0.1) is 6.92 Å². The summed E-state index contributed by atoms with van der Waals surface area (Å²) in [5.41, 5.74) is 2.54. The van der Waals surface area contributed by atoms with E-state index in [9.17, 15) is 4.79 Å². The quantitative estimate of drug-likeness (QED) is 0.863. The van der Waals surface area contributed by atoms with Crippen LogP contribution in [0.25, 0.3) is 0 Å². The SMILES string of the molecule is Cc1cc(Br)ccc1N1CCCC(=O)NCC1. The number of nitrogens with one attached hydrogen (secondary N) is 1. The number of aryl methyl sites for hydroxylation is 1. The highest BCUT2D eigenvalue weighted by atomic mass is 79.9. The number of nitrogens with zero attached hydrogens (tertiary/aromatic N) is 1. The summed E-state index contributed by atoms with van der Waals surface area (Å²) in [6.07, 6.45) is 1.55. The highest BCUT2D eigenvalue weighted by molar-refractivity contribution is 9.10. The third-order valence-electron chi connectivity index (χ3n) is 3.04. The summed E-state index contributed by atoms with van der Waals surface area (Å²) in [7, 11) is 0. The van der Waals surface area contributed by atoms with Gasteiger partial charge in [-0.1, -0.05) is 15.9 Å². The Hall–Kier alpha value is -1.03. The minimum absolute atomic E-state index is 0.178. The maximum atomic E-state index is 11.3. The molecule has 0 saturated carbocycles. The molecule has 92 valence electrons. The van der Waals surface area contributed by atoms with Gasteiger partial charge in [0.25, 0.3) is 0 Å². The predicted octanol–water partition coefficient (Wildman–Crippen LogP) is 2.47. The molecule has 0 radical (unpaired) electrons. The summed E-state index contributed by atoms with van der Waals surface area (Å²) in [5, 5.41) is 2.93. The molecule has 1 heterocycles. The molecule has 0 bridgehead atoms. The molecule has 1 aliphatic rings. The Morgan fingerprint density at radius 3 is 2.94 bits per heavy atom. The van der Waals surface area contributed by atoms with E-state index in [2.05, 4.69) is 51.3 Å². The van der Waals surface area contributed by atoms with Gasteiger partial charge in [0.2, 0.25) is 5.91 Å². The third-order valence-corrected chi connectivity index (χ3v) is 3.53. The van der Waals surface area contributed by atoms with Crippen molar-refractivity contribution in [2.24, 2.45) is 0 Å². The molecule has 0 aliphatic carbocycles. The first kappa shape index (κ1) is 12.4. The van der Waals surface area contributed by atoms with Crippen molar-refractivity contribution in [1.82, 2.24) is 5.32 Å². The zero-order chi connectivity index (χ0) is 12.3. The predicted molar refractivity (Wildman–Crippen MR) is 73.3 cm³/mol. The Morgan fingerprint density at radius 2 is 2.18 bits per heavy atom. The lowest BCUT2D eigenvalue weighted by atomic mass is 10.1. The second kappa shape index (κ2) is 5.54. The number of benzene rings is 1. The number of anilines is 1. The van der Waals surface area contributed by atoms with Gasteiger partial charge in [-0.05, 0) is 37.1 Å². The van der Waals surface area contributed by atoms with Gasteiger partial charge in [0.05, 0.1) is 0 Å². The molecule has 2 rings (SSSR count). The Morgan fingerprint density at radius 1 is 1.35 bits per heavy atom. The molecule has 1 saturated heterocycles. The van der Waals surface area contributed by atoms with E-state index in [0.717, 1.165) is 30.5 Å². The number of rotatable bonds is 1. The van der Waals surface area contributed by atoms with Gasteiger partial charge >= 0.3 is 0 Å². The van der Waals surface area contributed by atoms with Crippen LogP contribution in [0.2, 0.25) is 0 Å². The van der Waals surface area contributed by atoms with Crippen LogP contribution in [0.5, 0.6) is 0 Å². The second-order valence-corrected chi connectivity index (χ2v) is 5.29. The molecule has 4 heteroatoms. The standard InChI is InChI=1S/C13H17BrN2O/c1-10-9-11(14)4-5-12(10)16-7-2-3-13(17)15-6-8-16/h4-5,9H,2-3,6-8H2,1H3,(H,15,17). The highest BCUT2D eigenvalue weighted by Crippen LogP contribution is 2.24. The van der Waals surface area contributed by atoms with E-state index >= 15 is 0 Å². The average Bonchev–Trinajstić information content (AvgIpc) is 2.24. The van der Waals surface area contributed by atoms with Crippen LogP contribution < -0.4 is 10.2 Å². The van der Waals surface area contributed by atoms with E-state index in [-0.39, 0.29) is 5.91 Å². The number of hydrogen-bond acceptors (Lipinski definition) is 2. The van der Waals surface area contributed by atoms with Crippen molar-refractivity contribution in [3.63, 3.8) is 0 Å². The first-order chi connectivity index (χ1) is 8.16. The lowest BCUT2D eigenvalue weighted by molar-refractivity contribution is -0.121. The fourth-order valence-corrected chi connectivity index (χ4v) is 2.65. The van der Waals surface area contributed by atoms with Gasteiger partial charge in [-0.15, -0.1) is 0 Å². The molecule has 3 nitrogen and oxygen atoms in total. The van der Waals surface area contributed by atoms with E-state index in [1.807, 2.05) is 0 Å². The van der Waals surface area contributed by atoms with Crippen molar-refractivity contribution in [2.75, 3.05) is 24.5 Å². The van der Waals surface area contributed by atoms with Gasteiger partial charge in [0, 0.05) is 36.2 Å². The van der Waals surface area contributed by atoms with E-state index in [0.29, 0.717) is 6.42 Å². The summed E-state index contributed by atoms with van der Waals surface area (Å²) in [6.45, 7) is 4.69. The Balaban J connectivity index is 2.12. The van der Waals surface area contributed by atoms with Crippen LogP contribution in [-0.4, -0.2) is 25.5 Å². The van der Waals surface area contributed by atoms with Crippen molar-refractivity contribution in [3.05, 3.63) is 28.2 Å². The largest absolute Gasteiger partial charge is 0.370 e. The van der Waals surface area contributed by atoms with Crippen molar-refractivity contribution in [3.8, 4) is 0 Å². The van der Waals surface area contributed by atoms with Crippen molar-refractivity contribution < 1.29 is 4.79 Å². The summed E-state index contributed by atoms with van der Waals surface area (Å²) in [6, 6.07) is 6.34. The number of carbonyl (C=O) groups excluding carboxylic acids is 1. The van der Waals surface area contributed by atoms with Crippen LogP contribution in [0.15, 0.2) is 22.7 Å². The fourth-order valence-electron chi connectivity index (χ4n) is 2.18. The number of carbonyl (C=O) groups is 1. The van der Waals surface area contributed by atoms with Gasteiger partial charge in [-0.3, -0.25) is 4.79 Å². The zero-order valence-corrected chi connectivity index (χ0v) is 11.6. The first-order valence-corrected chi connectivity index (χ1v) is 6.74. The maximum absolute atomic E-state index is 11.3. The molecule has 0 spiro atoms. The summed E-state index contributed by atoms with van der Waals surface area (Å²) in [4.78, 5) is 13.6. The van der Waals surface area contributed by atoms with Gasteiger partial charge in [-0.2, -0.15) is 0 Å². The number of halogens is 1. The lowest BCUT2D eigenvalue weighted by Gasteiger charge is -2.28. The van der Waals surface area contributed by atoms with Crippen molar-refractivity contribution >= 4 is 27.5 Å². The molecule has 1 fully saturated rings. The van der Waals surface area contributed by atoms with Crippen LogP contribution in [0.4, 0.5) is 5.69 Å². The summed E-state index contributed by atoms with van der Waals surface area (Å²) >= 11 is 3.48. The van der Waals surface area contributed by atoms with Gasteiger partial charge < -0.3 is 10.2 Å². The van der Waals surface area contributed by atoms with Crippen LogP contribution in [-0.2, 0) is 4.79 Å². The highest BCUT2D eigenvalue weighted by Gasteiger charge is 2.13. The minimum Gasteiger partial charge on any atom is -0.370 e. The molecular formula is C13H17BrN2O. The van der Waals surface area contributed by atoms with Gasteiger partial charge in [-0.25, -0.2) is 0 Å². The molecule has 1 aliphatic heterocycles. The molecule has 1 N–H and O–H groups in total. The van der Waals surface area contributed by atoms with E-state index in [4.69, 9.17) is 0 Å². The van der Waals surface area contributed by atoms with E-state index in [1.165, 1.54) is 11.3 Å². The third kappa shape index (κ3) is 3.22.